The summed E-state index contributed by atoms with van der Waals surface area (Å²) in [5.41, 5.74) is 0. The van der Waals surface area contributed by atoms with Crippen molar-refractivity contribution < 1.29 is 17.6 Å². The molecule has 0 amide bonds. The SMILES string of the molecule is C[Si](C)(C)OCC(F)(F)F. The van der Waals surface area contributed by atoms with E-state index < -0.39 is 21.1 Å². The fourth-order valence-electron chi connectivity index (χ4n) is 0.298. The van der Waals surface area contributed by atoms with E-state index in [-0.39, 0.29) is 0 Å². The Balaban J connectivity index is 3.56. The van der Waals surface area contributed by atoms with Gasteiger partial charge in [0.05, 0.1) is 0 Å². The number of hydrogen-bond acceptors (Lipinski definition) is 1. The lowest BCUT2D eigenvalue weighted by Crippen LogP contribution is -2.31. The van der Waals surface area contributed by atoms with Gasteiger partial charge in [-0.05, 0) is 19.6 Å². The van der Waals surface area contributed by atoms with Gasteiger partial charge in [0, 0.05) is 0 Å². The molecule has 0 N–H and O–H groups in total. The first-order chi connectivity index (χ1) is 4.21. The van der Waals surface area contributed by atoms with E-state index >= 15 is 0 Å². The lowest BCUT2D eigenvalue weighted by molar-refractivity contribution is -0.155. The predicted molar refractivity (Wildman–Crippen MR) is 35.4 cm³/mol. The monoisotopic (exact) mass is 172 g/mol. The standard InChI is InChI=1S/C5H11F3OSi/c1-10(2,3)9-4-5(6,7)8/h4H2,1-3H3. The first-order valence-electron chi connectivity index (χ1n) is 2.91. The summed E-state index contributed by atoms with van der Waals surface area (Å²) in [7, 11) is -1.99. The Morgan fingerprint density at radius 2 is 1.60 bits per heavy atom. The van der Waals surface area contributed by atoms with Crippen LogP contribution in [0.1, 0.15) is 0 Å². The molecular formula is C5H11F3OSi. The summed E-state index contributed by atoms with van der Waals surface area (Å²) in [4.78, 5) is 0. The summed E-state index contributed by atoms with van der Waals surface area (Å²) in [6, 6.07) is 0. The second-order valence-electron chi connectivity index (χ2n) is 3.02. The van der Waals surface area contributed by atoms with Crippen LogP contribution >= 0.6 is 0 Å². The minimum absolute atomic E-state index is 1.11. The quantitative estimate of drug-likeness (QED) is 0.581. The topological polar surface area (TPSA) is 9.23 Å². The number of alkyl halides is 3. The number of hydrogen-bond donors (Lipinski definition) is 0. The van der Waals surface area contributed by atoms with Crippen molar-refractivity contribution in [1.82, 2.24) is 0 Å². The van der Waals surface area contributed by atoms with Gasteiger partial charge in [-0.2, -0.15) is 13.2 Å². The zero-order valence-corrected chi connectivity index (χ0v) is 7.25. The van der Waals surface area contributed by atoms with Crippen molar-refractivity contribution in [1.29, 1.82) is 0 Å². The van der Waals surface area contributed by atoms with Crippen LogP contribution in [0.2, 0.25) is 19.6 Å². The Morgan fingerprint density at radius 1 is 1.20 bits per heavy atom. The van der Waals surface area contributed by atoms with E-state index in [4.69, 9.17) is 0 Å². The van der Waals surface area contributed by atoms with E-state index in [1.807, 2.05) is 0 Å². The van der Waals surface area contributed by atoms with Gasteiger partial charge in [0.15, 0.2) is 8.32 Å². The van der Waals surface area contributed by atoms with Crippen molar-refractivity contribution in [2.75, 3.05) is 6.61 Å². The summed E-state index contributed by atoms with van der Waals surface area (Å²) in [6.45, 7) is 4.05. The van der Waals surface area contributed by atoms with Crippen LogP contribution < -0.4 is 0 Å². The normalized spacial score (nSPS) is 13.8. The molecule has 0 saturated heterocycles. The van der Waals surface area contributed by atoms with E-state index in [1.54, 1.807) is 19.6 Å². The van der Waals surface area contributed by atoms with E-state index in [0.717, 1.165) is 0 Å². The maximum absolute atomic E-state index is 11.5. The summed E-state index contributed by atoms with van der Waals surface area (Å²) in [5, 5.41) is 0. The molecule has 0 rings (SSSR count). The highest BCUT2D eigenvalue weighted by Gasteiger charge is 2.30. The van der Waals surface area contributed by atoms with Crippen molar-refractivity contribution in [2.45, 2.75) is 25.8 Å². The summed E-state index contributed by atoms with van der Waals surface area (Å²) in [5.74, 6) is 0. The summed E-state index contributed by atoms with van der Waals surface area (Å²) in [6.07, 6.45) is -4.18. The fourth-order valence-corrected chi connectivity index (χ4v) is 0.895. The van der Waals surface area contributed by atoms with Gasteiger partial charge in [0.1, 0.15) is 6.61 Å². The fraction of sp³-hybridized carbons (Fsp3) is 1.00. The second kappa shape index (κ2) is 2.92. The molecular weight excluding hydrogens is 161 g/mol. The van der Waals surface area contributed by atoms with Gasteiger partial charge < -0.3 is 4.43 Å². The van der Waals surface area contributed by atoms with Gasteiger partial charge >= 0.3 is 6.18 Å². The third-order valence-electron chi connectivity index (χ3n) is 0.669. The highest BCUT2D eigenvalue weighted by molar-refractivity contribution is 6.69. The van der Waals surface area contributed by atoms with E-state index in [2.05, 4.69) is 4.43 Å². The van der Waals surface area contributed by atoms with E-state index in [1.165, 1.54) is 0 Å². The summed E-state index contributed by atoms with van der Waals surface area (Å²) < 4.78 is 39.1. The maximum Gasteiger partial charge on any atom is 0.410 e. The molecule has 0 aromatic carbocycles. The molecule has 0 bridgehead atoms. The van der Waals surface area contributed by atoms with Gasteiger partial charge in [-0.3, -0.25) is 0 Å². The molecule has 62 valence electrons. The molecule has 10 heavy (non-hydrogen) atoms. The molecule has 0 aliphatic rings. The van der Waals surface area contributed by atoms with Crippen molar-refractivity contribution in [3.8, 4) is 0 Å². The minimum Gasteiger partial charge on any atom is -0.408 e. The van der Waals surface area contributed by atoms with Crippen molar-refractivity contribution in [3.05, 3.63) is 0 Å². The Morgan fingerprint density at radius 3 is 1.70 bits per heavy atom. The van der Waals surface area contributed by atoms with Gasteiger partial charge in [-0.25, -0.2) is 0 Å². The van der Waals surface area contributed by atoms with E-state index in [9.17, 15) is 13.2 Å². The smallest absolute Gasteiger partial charge is 0.408 e. The molecule has 0 aromatic heterocycles. The minimum atomic E-state index is -4.18. The lowest BCUT2D eigenvalue weighted by atomic mass is 10.7. The van der Waals surface area contributed by atoms with Crippen LogP contribution in [-0.2, 0) is 4.43 Å². The molecule has 0 aliphatic carbocycles. The average molecular weight is 172 g/mol. The molecule has 0 atom stereocenters. The van der Waals surface area contributed by atoms with Crippen LogP contribution in [0.4, 0.5) is 13.2 Å². The lowest BCUT2D eigenvalue weighted by Gasteiger charge is -2.18. The van der Waals surface area contributed by atoms with E-state index in [0.29, 0.717) is 0 Å². The predicted octanol–water partition coefficient (Wildman–Crippen LogP) is 2.40. The van der Waals surface area contributed by atoms with Crippen LogP contribution in [0.25, 0.3) is 0 Å². The molecule has 0 aliphatic heterocycles. The highest BCUT2D eigenvalue weighted by atomic mass is 28.4. The largest absolute Gasteiger partial charge is 0.410 e. The number of halogens is 3. The molecule has 0 aromatic rings. The Labute approximate surface area is 59.3 Å². The molecule has 5 heteroatoms. The number of rotatable bonds is 2. The molecule has 0 radical (unpaired) electrons. The van der Waals surface area contributed by atoms with Crippen LogP contribution in [0.15, 0.2) is 0 Å². The zero-order chi connectivity index (χ0) is 8.41. The van der Waals surface area contributed by atoms with Crippen LogP contribution in [0.5, 0.6) is 0 Å². The molecule has 0 fully saturated rings. The first kappa shape index (κ1) is 9.97. The molecule has 0 saturated carbocycles. The van der Waals surface area contributed by atoms with Crippen molar-refractivity contribution in [2.24, 2.45) is 0 Å². The zero-order valence-electron chi connectivity index (χ0n) is 6.25. The molecule has 0 heterocycles. The highest BCUT2D eigenvalue weighted by Crippen LogP contribution is 2.17. The summed E-state index contributed by atoms with van der Waals surface area (Å²) >= 11 is 0. The molecule has 0 unspecified atom stereocenters. The molecule has 0 spiro atoms. The van der Waals surface area contributed by atoms with Crippen molar-refractivity contribution >= 4 is 8.32 Å². The van der Waals surface area contributed by atoms with Gasteiger partial charge in [0.25, 0.3) is 0 Å². The second-order valence-corrected chi connectivity index (χ2v) is 7.53. The molecule has 1 nitrogen and oxygen atoms in total. The van der Waals surface area contributed by atoms with Crippen LogP contribution in [-0.4, -0.2) is 21.1 Å². The third-order valence-corrected chi connectivity index (χ3v) is 1.68. The van der Waals surface area contributed by atoms with Gasteiger partial charge in [-0.1, -0.05) is 0 Å². The van der Waals surface area contributed by atoms with Crippen LogP contribution in [0, 0.1) is 0 Å². The van der Waals surface area contributed by atoms with Gasteiger partial charge in [0.2, 0.25) is 0 Å². The first-order valence-corrected chi connectivity index (χ1v) is 6.32. The average Bonchev–Trinajstić information content (AvgIpc) is 1.57. The van der Waals surface area contributed by atoms with Crippen molar-refractivity contribution in [3.63, 3.8) is 0 Å². The van der Waals surface area contributed by atoms with Gasteiger partial charge in [-0.15, -0.1) is 0 Å². The van der Waals surface area contributed by atoms with Crippen LogP contribution in [0.3, 0.4) is 0 Å². The Kier molecular flexibility index (Phi) is 2.91. The Hall–Kier alpha value is -0.0331. The maximum atomic E-state index is 11.5. The third kappa shape index (κ3) is 7.97. The Bertz CT molecular complexity index is 90.4.